The van der Waals surface area contributed by atoms with Crippen molar-refractivity contribution < 1.29 is 14.3 Å². The minimum Gasteiger partial charge on any atom is -0.383 e. The minimum absolute atomic E-state index is 0. The predicted octanol–water partition coefficient (Wildman–Crippen LogP) is 1.93. The fourth-order valence-corrected chi connectivity index (χ4v) is 2.54. The van der Waals surface area contributed by atoms with E-state index in [4.69, 9.17) is 16.3 Å². The molecule has 24 heavy (non-hydrogen) atoms. The zero-order valence-electron chi connectivity index (χ0n) is 13.7. The molecule has 0 bridgehead atoms. The number of amides is 2. The lowest BCUT2D eigenvalue weighted by molar-refractivity contribution is -0.121. The van der Waals surface area contributed by atoms with Crippen LogP contribution >= 0.6 is 24.0 Å². The fourth-order valence-electron chi connectivity index (χ4n) is 2.27. The van der Waals surface area contributed by atoms with Crippen LogP contribution in [0.5, 0.6) is 0 Å². The molecule has 1 aliphatic heterocycles. The van der Waals surface area contributed by atoms with Crippen molar-refractivity contribution in [1.29, 1.82) is 0 Å². The van der Waals surface area contributed by atoms with Crippen molar-refractivity contribution in [2.24, 2.45) is 11.8 Å². The summed E-state index contributed by atoms with van der Waals surface area (Å²) < 4.78 is 4.88. The summed E-state index contributed by atoms with van der Waals surface area (Å²) in [6.45, 7) is 4.51. The van der Waals surface area contributed by atoms with E-state index in [2.05, 4.69) is 16.0 Å². The molecule has 1 fully saturated rings. The number of nitrogens with one attached hydrogen (secondary N) is 3. The van der Waals surface area contributed by atoms with E-state index in [1.54, 1.807) is 25.3 Å². The Labute approximate surface area is 153 Å². The molecule has 1 aromatic carbocycles. The first-order chi connectivity index (χ1) is 11.0. The average molecular weight is 376 g/mol. The lowest BCUT2D eigenvalue weighted by Gasteiger charge is -2.31. The average Bonchev–Trinajstić information content (AvgIpc) is 2.45. The molecule has 0 radical (unpaired) electrons. The molecular weight excluding hydrogens is 353 g/mol. The lowest BCUT2D eigenvalue weighted by atomic mass is 9.88. The molecule has 1 unspecified atom stereocenters. The smallest absolute Gasteiger partial charge is 0.252 e. The second-order valence-electron chi connectivity index (χ2n) is 5.64. The topological polar surface area (TPSA) is 79.5 Å². The summed E-state index contributed by atoms with van der Waals surface area (Å²) in [4.78, 5) is 24.1. The number of hydrogen-bond donors (Lipinski definition) is 3. The number of benzene rings is 1. The van der Waals surface area contributed by atoms with E-state index in [1.165, 1.54) is 0 Å². The van der Waals surface area contributed by atoms with E-state index < -0.39 is 0 Å². The highest BCUT2D eigenvalue weighted by molar-refractivity contribution is 6.34. The number of halogens is 2. The van der Waals surface area contributed by atoms with Gasteiger partial charge in [0.25, 0.3) is 5.91 Å². The quantitative estimate of drug-likeness (QED) is 0.636. The monoisotopic (exact) mass is 375 g/mol. The van der Waals surface area contributed by atoms with Gasteiger partial charge in [-0.3, -0.25) is 9.59 Å². The van der Waals surface area contributed by atoms with Gasteiger partial charge in [0, 0.05) is 25.3 Å². The summed E-state index contributed by atoms with van der Waals surface area (Å²) in [5.41, 5.74) is 0.963. The van der Waals surface area contributed by atoms with Crippen LogP contribution in [0.25, 0.3) is 0 Å². The van der Waals surface area contributed by atoms with Gasteiger partial charge in [-0.2, -0.15) is 0 Å². The van der Waals surface area contributed by atoms with Crippen molar-refractivity contribution in [3.8, 4) is 0 Å². The van der Waals surface area contributed by atoms with Gasteiger partial charge in [-0.25, -0.2) is 0 Å². The van der Waals surface area contributed by atoms with E-state index in [9.17, 15) is 9.59 Å². The molecule has 1 aliphatic rings. The molecule has 1 saturated heterocycles. The van der Waals surface area contributed by atoms with Crippen LogP contribution in [0.1, 0.15) is 17.3 Å². The molecule has 0 spiro atoms. The van der Waals surface area contributed by atoms with Gasteiger partial charge >= 0.3 is 0 Å². The van der Waals surface area contributed by atoms with Gasteiger partial charge in [0.15, 0.2) is 0 Å². The van der Waals surface area contributed by atoms with E-state index >= 15 is 0 Å². The Bertz CT molecular complexity index is 580. The molecule has 2 rings (SSSR count). The third kappa shape index (κ3) is 5.34. The zero-order valence-corrected chi connectivity index (χ0v) is 15.3. The number of anilines is 1. The number of carbonyl (C=O) groups excluding carboxylic acids is 2. The summed E-state index contributed by atoms with van der Waals surface area (Å²) in [5, 5.41) is 9.01. The van der Waals surface area contributed by atoms with Gasteiger partial charge in [-0.05, 0) is 37.2 Å². The summed E-state index contributed by atoms with van der Waals surface area (Å²) >= 11 is 6.15. The van der Waals surface area contributed by atoms with Gasteiger partial charge < -0.3 is 20.7 Å². The van der Waals surface area contributed by atoms with Crippen molar-refractivity contribution >= 4 is 41.5 Å². The second-order valence-corrected chi connectivity index (χ2v) is 6.05. The van der Waals surface area contributed by atoms with Crippen LogP contribution in [0.2, 0.25) is 5.02 Å². The summed E-state index contributed by atoms with van der Waals surface area (Å²) in [5.74, 6) is 0.00653. The first-order valence-electron chi connectivity index (χ1n) is 7.61. The number of ether oxygens (including phenoxy) is 1. The highest BCUT2D eigenvalue weighted by Crippen LogP contribution is 2.23. The van der Waals surface area contributed by atoms with Crippen molar-refractivity contribution in [2.75, 3.05) is 38.7 Å². The summed E-state index contributed by atoms with van der Waals surface area (Å²) in [6.07, 6.45) is 0. The third-order valence-electron chi connectivity index (χ3n) is 4.01. The first-order valence-corrected chi connectivity index (χ1v) is 7.99. The standard InChI is InChI=1S/C16H22ClN3O3.ClH/c1-10(11-8-18-9-11)15(21)20-12-3-4-13(14(17)7-12)16(22)19-5-6-23-2;/h3-4,7,10-11,18H,5-6,8-9H2,1-2H3,(H,19,22)(H,20,21);1H. The largest absolute Gasteiger partial charge is 0.383 e. The highest BCUT2D eigenvalue weighted by atomic mass is 35.5. The summed E-state index contributed by atoms with van der Waals surface area (Å²) in [7, 11) is 1.57. The minimum atomic E-state index is -0.265. The van der Waals surface area contributed by atoms with Crippen LogP contribution in [0.3, 0.4) is 0 Å². The Morgan fingerprint density at radius 1 is 1.42 bits per heavy atom. The van der Waals surface area contributed by atoms with Crippen molar-refractivity contribution in [2.45, 2.75) is 6.92 Å². The molecule has 2 amide bonds. The Hall–Kier alpha value is -1.34. The number of carbonyl (C=O) groups is 2. The van der Waals surface area contributed by atoms with Crippen molar-refractivity contribution in [3.63, 3.8) is 0 Å². The van der Waals surface area contributed by atoms with Gasteiger partial charge in [-0.1, -0.05) is 18.5 Å². The first kappa shape index (κ1) is 20.7. The third-order valence-corrected chi connectivity index (χ3v) is 4.32. The van der Waals surface area contributed by atoms with Crippen LogP contribution in [0.15, 0.2) is 18.2 Å². The van der Waals surface area contributed by atoms with Crippen LogP contribution in [0, 0.1) is 11.8 Å². The molecule has 3 N–H and O–H groups in total. The molecule has 1 heterocycles. The van der Waals surface area contributed by atoms with Gasteiger partial charge in [0.05, 0.1) is 17.2 Å². The van der Waals surface area contributed by atoms with Crippen molar-refractivity contribution in [1.82, 2.24) is 10.6 Å². The van der Waals surface area contributed by atoms with Crippen LogP contribution < -0.4 is 16.0 Å². The van der Waals surface area contributed by atoms with Gasteiger partial charge in [0.1, 0.15) is 0 Å². The number of hydrogen-bond acceptors (Lipinski definition) is 4. The Morgan fingerprint density at radius 2 is 2.12 bits per heavy atom. The Morgan fingerprint density at radius 3 is 2.67 bits per heavy atom. The second kappa shape index (κ2) is 9.84. The normalized spacial score (nSPS) is 15.0. The van der Waals surface area contributed by atoms with Gasteiger partial charge in [0.2, 0.25) is 5.91 Å². The maximum absolute atomic E-state index is 12.2. The molecule has 1 aromatic rings. The molecular formula is C16H23Cl2N3O3. The molecule has 0 aromatic heterocycles. The molecule has 6 nitrogen and oxygen atoms in total. The number of methoxy groups -OCH3 is 1. The maximum Gasteiger partial charge on any atom is 0.252 e. The van der Waals surface area contributed by atoms with Crippen LogP contribution in [-0.4, -0.2) is 45.2 Å². The van der Waals surface area contributed by atoms with Crippen molar-refractivity contribution in [3.05, 3.63) is 28.8 Å². The SMILES string of the molecule is COCCNC(=O)c1ccc(NC(=O)C(C)C2CNC2)cc1Cl.Cl. The lowest BCUT2D eigenvalue weighted by Crippen LogP contribution is -2.48. The van der Waals surface area contributed by atoms with E-state index in [0.717, 1.165) is 13.1 Å². The number of rotatable bonds is 7. The van der Waals surface area contributed by atoms with Gasteiger partial charge in [-0.15, -0.1) is 12.4 Å². The molecule has 8 heteroatoms. The Kier molecular flexibility index (Phi) is 8.48. The zero-order chi connectivity index (χ0) is 16.8. The van der Waals surface area contributed by atoms with Crippen LogP contribution in [-0.2, 0) is 9.53 Å². The molecule has 1 atom stereocenters. The highest BCUT2D eigenvalue weighted by Gasteiger charge is 2.28. The molecule has 0 saturated carbocycles. The fraction of sp³-hybridized carbons (Fsp3) is 0.500. The van der Waals surface area contributed by atoms with Crippen LogP contribution in [0.4, 0.5) is 5.69 Å². The summed E-state index contributed by atoms with van der Waals surface area (Å²) in [6, 6.07) is 4.88. The molecule has 0 aliphatic carbocycles. The maximum atomic E-state index is 12.2. The van der Waals surface area contributed by atoms with E-state index in [-0.39, 0.29) is 30.1 Å². The van der Waals surface area contributed by atoms with E-state index in [0.29, 0.717) is 35.3 Å². The Balaban J connectivity index is 0.00000288. The predicted molar refractivity (Wildman–Crippen MR) is 97.1 cm³/mol. The van der Waals surface area contributed by atoms with E-state index in [1.807, 2.05) is 6.92 Å². The molecule has 134 valence electrons.